The van der Waals surface area contributed by atoms with Crippen LogP contribution in [-0.2, 0) is 9.47 Å². The maximum Gasteiger partial charge on any atom is 0.351 e. The molecule has 2 saturated heterocycles. The molecular weight excluding hydrogens is 254 g/mol. The highest BCUT2D eigenvalue weighted by Gasteiger charge is 2.52. The summed E-state index contributed by atoms with van der Waals surface area (Å²) in [6.07, 6.45) is -0.905. The average Bonchev–Trinajstić information content (AvgIpc) is 3.13. The summed E-state index contributed by atoms with van der Waals surface area (Å²) in [6.45, 7) is -0.346. The van der Waals surface area contributed by atoms with Crippen molar-refractivity contribution in [3.63, 3.8) is 0 Å². The molecule has 8 nitrogen and oxygen atoms in total. The predicted octanol–water partition coefficient (Wildman–Crippen LogP) is -1.77. The van der Waals surface area contributed by atoms with E-state index >= 15 is 0 Å². The number of ether oxygens (including phenoxy) is 2. The van der Waals surface area contributed by atoms with Crippen LogP contribution < -0.4 is 11.4 Å². The van der Waals surface area contributed by atoms with E-state index in [-0.39, 0.29) is 24.6 Å². The third-order valence-electron chi connectivity index (χ3n) is 3.45. The normalized spacial score (nSPS) is 37.5. The Morgan fingerprint density at radius 3 is 3.00 bits per heavy atom. The lowest BCUT2D eigenvalue weighted by molar-refractivity contribution is -0.129. The van der Waals surface area contributed by atoms with Gasteiger partial charge in [-0.3, -0.25) is 4.57 Å². The zero-order chi connectivity index (χ0) is 13.6. The molecule has 0 bridgehead atoms. The number of nitrogens with zero attached hydrogens (tertiary/aromatic N) is 2. The number of hydrogen-bond acceptors (Lipinski definition) is 7. The van der Waals surface area contributed by atoms with Crippen LogP contribution in [0.2, 0.25) is 0 Å². The van der Waals surface area contributed by atoms with E-state index in [1.165, 1.54) is 16.8 Å². The number of nitrogens with two attached hydrogens (primary N) is 1. The fourth-order valence-electron chi connectivity index (χ4n) is 2.37. The first-order valence-corrected chi connectivity index (χ1v) is 6.04. The Labute approximate surface area is 108 Å². The van der Waals surface area contributed by atoms with Crippen molar-refractivity contribution >= 4 is 5.82 Å². The minimum absolute atomic E-state index is 0.133. The Hall–Kier alpha value is -1.48. The Kier molecular flexibility index (Phi) is 3.02. The minimum Gasteiger partial charge on any atom is -0.394 e. The average molecular weight is 269 g/mol. The number of aliphatic hydroxyl groups is 2. The molecule has 104 valence electrons. The van der Waals surface area contributed by atoms with Gasteiger partial charge in [-0.25, -0.2) is 4.79 Å². The number of fused-ring (bicyclic) bond motifs is 1. The molecule has 2 aliphatic rings. The van der Waals surface area contributed by atoms with Crippen LogP contribution in [-0.4, -0.2) is 50.8 Å². The maximum atomic E-state index is 11.8. The molecule has 0 amide bonds. The van der Waals surface area contributed by atoms with Gasteiger partial charge in [0.25, 0.3) is 0 Å². The van der Waals surface area contributed by atoms with Crippen LogP contribution in [0.25, 0.3) is 0 Å². The molecule has 2 fully saturated rings. The van der Waals surface area contributed by atoms with Gasteiger partial charge in [0, 0.05) is 12.6 Å². The molecule has 1 unspecified atom stereocenters. The molecule has 0 spiro atoms. The Morgan fingerprint density at radius 1 is 1.53 bits per heavy atom. The number of epoxide rings is 1. The van der Waals surface area contributed by atoms with Crippen molar-refractivity contribution in [3.05, 3.63) is 22.7 Å². The van der Waals surface area contributed by atoms with Gasteiger partial charge in [0.15, 0.2) is 0 Å². The molecule has 0 saturated carbocycles. The number of rotatable bonds is 2. The number of aliphatic hydroxyl groups excluding tert-OH is 2. The standard InChI is InChI=1S/C11H15N3O5/c12-7-1-2-14(11(17)13-7)8-3-5-10(19-5)9(16)6(4-15)18-8/h1-2,5-6,8-10,15-16H,3-4H2,(H2,12,13,17)/t5-,6-,8?,9-,10-/m1/s1. The molecule has 2 aliphatic heterocycles. The van der Waals surface area contributed by atoms with Crippen molar-refractivity contribution in [2.75, 3.05) is 12.3 Å². The van der Waals surface area contributed by atoms with E-state index in [9.17, 15) is 15.0 Å². The van der Waals surface area contributed by atoms with Crippen LogP contribution in [0.3, 0.4) is 0 Å². The largest absolute Gasteiger partial charge is 0.394 e. The second kappa shape index (κ2) is 4.57. The SMILES string of the molecule is Nc1ccn(C2C[C@H]3O[C@H]3[C@H](O)[C@@H](CO)O2)c(=O)n1. The van der Waals surface area contributed by atoms with Gasteiger partial charge in [0.1, 0.15) is 30.4 Å². The van der Waals surface area contributed by atoms with Crippen molar-refractivity contribution in [1.29, 1.82) is 0 Å². The minimum atomic E-state index is -0.891. The lowest BCUT2D eigenvalue weighted by Gasteiger charge is -2.25. The van der Waals surface area contributed by atoms with Crippen LogP contribution in [0.5, 0.6) is 0 Å². The highest BCUT2D eigenvalue weighted by molar-refractivity contribution is 5.23. The third-order valence-corrected chi connectivity index (χ3v) is 3.45. The zero-order valence-corrected chi connectivity index (χ0v) is 10.0. The first-order valence-electron chi connectivity index (χ1n) is 6.04. The van der Waals surface area contributed by atoms with E-state index in [2.05, 4.69) is 4.98 Å². The van der Waals surface area contributed by atoms with E-state index in [0.29, 0.717) is 6.42 Å². The highest BCUT2D eigenvalue weighted by atomic mass is 16.6. The molecule has 3 rings (SSSR count). The van der Waals surface area contributed by atoms with Gasteiger partial charge in [-0.1, -0.05) is 0 Å². The molecular formula is C11H15N3O5. The van der Waals surface area contributed by atoms with E-state index in [1.54, 1.807) is 0 Å². The summed E-state index contributed by atoms with van der Waals surface area (Å²) >= 11 is 0. The van der Waals surface area contributed by atoms with Crippen LogP contribution in [0.1, 0.15) is 12.6 Å². The second-order valence-electron chi connectivity index (χ2n) is 4.72. The summed E-state index contributed by atoms with van der Waals surface area (Å²) in [4.78, 5) is 15.4. The summed E-state index contributed by atoms with van der Waals surface area (Å²) in [5, 5.41) is 19.1. The van der Waals surface area contributed by atoms with Gasteiger partial charge in [0.2, 0.25) is 0 Å². The number of anilines is 1. The molecule has 1 aromatic rings. The first-order chi connectivity index (χ1) is 9.10. The third kappa shape index (κ3) is 2.23. The van der Waals surface area contributed by atoms with E-state index in [0.717, 1.165) is 0 Å². The zero-order valence-electron chi connectivity index (χ0n) is 10.0. The van der Waals surface area contributed by atoms with Crippen molar-refractivity contribution in [3.8, 4) is 0 Å². The number of aromatic nitrogens is 2. The summed E-state index contributed by atoms with van der Waals surface area (Å²) in [5.74, 6) is 0.133. The summed E-state index contributed by atoms with van der Waals surface area (Å²) in [6, 6.07) is 1.49. The monoisotopic (exact) mass is 269 g/mol. The summed E-state index contributed by atoms with van der Waals surface area (Å²) < 4.78 is 12.2. The lowest BCUT2D eigenvalue weighted by Crippen LogP contribution is -2.38. The molecule has 3 heterocycles. The van der Waals surface area contributed by atoms with Crippen LogP contribution >= 0.6 is 0 Å². The molecule has 8 heteroatoms. The highest BCUT2D eigenvalue weighted by Crippen LogP contribution is 2.38. The maximum absolute atomic E-state index is 11.8. The predicted molar refractivity (Wildman–Crippen MR) is 63.2 cm³/mol. The molecule has 19 heavy (non-hydrogen) atoms. The lowest BCUT2D eigenvalue weighted by atomic mass is 10.1. The smallest absolute Gasteiger partial charge is 0.351 e. The fraction of sp³-hybridized carbons (Fsp3) is 0.636. The first kappa shape index (κ1) is 12.5. The fourth-order valence-corrected chi connectivity index (χ4v) is 2.37. The topological polar surface area (TPSA) is 123 Å². The molecule has 0 aliphatic carbocycles. The van der Waals surface area contributed by atoms with E-state index in [4.69, 9.17) is 15.2 Å². The van der Waals surface area contributed by atoms with Crippen molar-refractivity contribution in [2.24, 2.45) is 0 Å². The Bertz CT molecular complexity index is 533. The van der Waals surface area contributed by atoms with Crippen molar-refractivity contribution < 1.29 is 19.7 Å². The van der Waals surface area contributed by atoms with Gasteiger partial charge in [0.05, 0.1) is 12.7 Å². The molecule has 1 aromatic heterocycles. The Balaban J connectivity index is 1.89. The second-order valence-corrected chi connectivity index (χ2v) is 4.72. The van der Waals surface area contributed by atoms with Crippen LogP contribution in [0.15, 0.2) is 17.1 Å². The summed E-state index contributed by atoms with van der Waals surface area (Å²) in [5.41, 5.74) is 4.90. The van der Waals surface area contributed by atoms with Crippen LogP contribution in [0, 0.1) is 0 Å². The summed E-state index contributed by atoms with van der Waals surface area (Å²) in [7, 11) is 0. The van der Waals surface area contributed by atoms with Gasteiger partial charge in [-0.05, 0) is 6.07 Å². The molecule has 4 N–H and O–H groups in total. The molecule has 0 radical (unpaired) electrons. The molecule has 5 atom stereocenters. The number of nitrogen functional groups attached to an aromatic ring is 1. The quantitative estimate of drug-likeness (QED) is 0.543. The van der Waals surface area contributed by atoms with Crippen molar-refractivity contribution in [2.45, 2.75) is 37.1 Å². The van der Waals surface area contributed by atoms with Gasteiger partial charge < -0.3 is 25.4 Å². The van der Waals surface area contributed by atoms with Gasteiger partial charge in [-0.15, -0.1) is 0 Å². The van der Waals surface area contributed by atoms with Crippen LogP contribution in [0.4, 0.5) is 5.82 Å². The van der Waals surface area contributed by atoms with Gasteiger partial charge in [-0.2, -0.15) is 4.98 Å². The van der Waals surface area contributed by atoms with Crippen molar-refractivity contribution in [1.82, 2.24) is 9.55 Å². The van der Waals surface area contributed by atoms with E-state index in [1.807, 2.05) is 0 Å². The molecule has 0 aromatic carbocycles. The van der Waals surface area contributed by atoms with Gasteiger partial charge >= 0.3 is 5.69 Å². The number of hydrogen-bond donors (Lipinski definition) is 3. The van der Waals surface area contributed by atoms with E-state index < -0.39 is 24.1 Å². The Morgan fingerprint density at radius 2 is 2.32 bits per heavy atom.